The maximum atomic E-state index is 11.5. The summed E-state index contributed by atoms with van der Waals surface area (Å²) in [5.74, 6) is -0.690. The average Bonchev–Trinajstić information content (AvgIpc) is 2.48. The number of benzene rings is 1. The van der Waals surface area contributed by atoms with E-state index in [0.29, 0.717) is 25.1 Å². The summed E-state index contributed by atoms with van der Waals surface area (Å²) in [7, 11) is 0. The SMILES string of the molecule is O=C(O)CCCCCNC(=O)COc1ccc(S(=O)[O-])cc1. The highest BCUT2D eigenvalue weighted by atomic mass is 32.2. The second-order valence-corrected chi connectivity index (χ2v) is 5.49. The van der Waals surface area contributed by atoms with Gasteiger partial charge in [-0.2, -0.15) is 0 Å². The van der Waals surface area contributed by atoms with Crippen LogP contribution in [0.15, 0.2) is 29.2 Å². The molecule has 0 aromatic heterocycles. The molecule has 1 amide bonds. The van der Waals surface area contributed by atoms with Crippen molar-refractivity contribution < 1.29 is 28.2 Å². The van der Waals surface area contributed by atoms with Crippen molar-refractivity contribution in [3.8, 4) is 5.75 Å². The van der Waals surface area contributed by atoms with Gasteiger partial charge in [0.05, 0.1) is 0 Å². The van der Waals surface area contributed by atoms with Crippen molar-refractivity contribution in [1.29, 1.82) is 0 Å². The molecule has 0 bridgehead atoms. The number of carboxylic acids is 1. The third-order valence-corrected chi connectivity index (χ3v) is 3.43. The molecule has 1 rings (SSSR count). The molecule has 1 aromatic rings. The molecule has 8 heteroatoms. The average molecular weight is 328 g/mol. The van der Waals surface area contributed by atoms with E-state index in [9.17, 15) is 18.4 Å². The van der Waals surface area contributed by atoms with Crippen molar-refractivity contribution in [3.63, 3.8) is 0 Å². The number of carbonyl (C=O) groups is 2. The summed E-state index contributed by atoms with van der Waals surface area (Å²) in [5.41, 5.74) is 0. The highest BCUT2D eigenvalue weighted by molar-refractivity contribution is 7.79. The van der Waals surface area contributed by atoms with Crippen molar-refractivity contribution in [3.05, 3.63) is 24.3 Å². The Hall–Kier alpha value is -1.93. The van der Waals surface area contributed by atoms with Crippen molar-refractivity contribution in [2.75, 3.05) is 13.2 Å². The summed E-state index contributed by atoms with van der Waals surface area (Å²) in [6.07, 6.45) is 2.18. The first-order valence-electron chi connectivity index (χ1n) is 6.79. The molecule has 0 fully saturated rings. The van der Waals surface area contributed by atoms with E-state index in [2.05, 4.69) is 5.32 Å². The molecule has 122 valence electrons. The Morgan fingerprint density at radius 3 is 2.45 bits per heavy atom. The molecule has 0 saturated carbocycles. The van der Waals surface area contributed by atoms with Gasteiger partial charge in [0.15, 0.2) is 6.61 Å². The van der Waals surface area contributed by atoms with Crippen LogP contribution in [0.1, 0.15) is 25.7 Å². The predicted molar refractivity (Wildman–Crippen MR) is 78.2 cm³/mol. The van der Waals surface area contributed by atoms with E-state index in [4.69, 9.17) is 9.84 Å². The van der Waals surface area contributed by atoms with Crippen LogP contribution in [-0.2, 0) is 20.7 Å². The fourth-order valence-corrected chi connectivity index (χ4v) is 2.01. The molecular formula is C14H18NO6S-. The quantitative estimate of drug-likeness (QED) is 0.490. The molecule has 0 aliphatic carbocycles. The topological polar surface area (TPSA) is 116 Å². The number of nitrogens with one attached hydrogen (secondary N) is 1. The van der Waals surface area contributed by atoms with Crippen LogP contribution in [0.5, 0.6) is 5.75 Å². The highest BCUT2D eigenvalue weighted by Gasteiger charge is 2.03. The number of rotatable bonds is 10. The first kappa shape index (κ1) is 18.1. The van der Waals surface area contributed by atoms with Crippen LogP contribution in [0.2, 0.25) is 0 Å². The van der Waals surface area contributed by atoms with Crippen LogP contribution >= 0.6 is 0 Å². The second-order valence-electron chi connectivity index (χ2n) is 4.55. The van der Waals surface area contributed by atoms with Gasteiger partial charge in [-0.1, -0.05) is 6.42 Å². The van der Waals surface area contributed by atoms with Crippen LogP contribution < -0.4 is 10.1 Å². The smallest absolute Gasteiger partial charge is 0.303 e. The standard InChI is InChI=1S/C14H19NO6S/c16-13(15-9-3-1-2-4-14(17)18)10-21-11-5-7-12(8-6-11)22(19)20/h5-8H,1-4,9-10H2,(H,15,16)(H,17,18)(H,19,20)/p-1. The van der Waals surface area contributed by atoms with Gasteiger partial charge in [0, 0.05) is 17.9 Å². The Bertz CT molecular complexity index is 517. The summed E-state index contributed by atoms with van der Waals surface area (Å²) >= 11 is -2.28. The number of hydrogen-bond acceptors (Lipinski definition) is 5. The molecule has 0 radical (unpaired) electrons. The zero-order valence-electron chi connectivity index (χ0n) is 11.9. The number of amides is 1. The molecule has 2 N–H and O–H groups in total. The summed E-state index contributed by atoms with van der Waals surface area (Å²) < 4.78 is 26.6. The molecule has 7 nitrogen and oxygen atoms in total. The summed E-state index contributed by atoms with van der Waals surface area (Å²) in [4.78, 5) is 22.0. The van der Waals surface area contributed by atoms with Crippen LogP contribution in [0.25, 0.3) is 0 Å². The third kappa shape index (κ3) is 7.75. The van der Waals surface area contributed by atoms with Crippen molar-refractivity contribution >= 4 is 23.0 Å². The lowest BCUT2D eigenvalue weighted by atomic mass is 10.2. The Balaban J connectivity index is 2.15. The Labute approximate surface area is 131 Å². The largest absolute Gasteiger partial charge is 0.768 e. The molecule has 1 atom stereocenters. The highest BCUT2D eigenvalue weighted by Crippen LogP contribution is 2.13. The third-order valence-electron chi connectivity index (χ3n) is 2.78. The van der Waals surface area contributed by atoms with Crippen molar-refractivity contribution in [2.24, 2.45) is 0 Å². The lowest BCUT2D eigenvalue weighted by Gasteiger charge is -2.09. The Morgan fingerprint density at radius 1 is 1.18 bits per heavy atom. The minimum Gasteiger partial charge on any atom is -0.768 e. The monoisotopic (exact) mass is 328 g/mol. The van der Waals surface area contributed by atoms with Gasteiger partial charge in [0.1, 0.15) is 5.75 Å². The molecule has 0 aliphatic rings. The van der Waals surface area contributed by atoms with Crippen LogP contribution in [0.4, 0.5) is 0 Å². The lowest BCUT2D eigenvalue weighted by molar-refractivity contribution is -0.137. The molecule has 0 heterocycles. The minimum atomic E-state index is -2.28. The number of ether oxygens (including phenoxy) is 1. The van der Waals surface area contributed by atoms with Crippen LogP contribution in [0, 0.1) is 0 Å². The van der Waals surface area contributed by atoms with Crippen LogP contribution in [-0.4, -0.2) is 38.9 Å². The Kier molecular flexibility index (Phi) is 8.16. The van der Waals surface area contributed by atoms with E-state index in [-0.39, 0.29) is 23.8 Å². The zero-order valence-corrected chi connectivity index (χ0v) is 12.8. The number of carbonyl (C=O) groups excluding carboxylic acids is 1. The van der Waals surface area contributed by atoms with Crippen molar-refractivity contribution in [2.45, 2.75) is 30.6 Å². The van der Waals surface area contributed by atoms with E-state index >= 15 is 0 Å². The van der Waals surface area contributed by atoms with Gasteiger partial charge in [-0.25, -0.2) is 0 Å². The maximum absolute atomic E-state index is 11.5. The first-order valence-corrected chi connectivity index (χ1v) is 7.87. The Morgan fingerprint density at radius 2 is 1.86 bits per heavy atom. The van der Waals surface area contributed by atoms with Gasteiger partial charge in [-0.3, -0.25) is 13.8 Å². The molecule has 0 spiro atoms. The van der Waals surface area contributed by atoms with Gasteiger partial charge >= 0.3 is 5.97 Å². The van der Waals surface area contributed by atoms with Gasteiger partial charge in [-0.15, -0.1) is 0 Å². The lowest BCUT2D eigenvalue weighted by Crippen LogP contribution is -2.29. The first-order chi connectivity index (χ1) is 10.5. The number of aliphatic carboxylic acids is 1. The van der Waals surface area contributed by atoms with Crippen molar-refractivity contribution in [1.82, 2.24) is 5.32 Å². The molecule has 1 aromatic carbocycles. The van der Waals surface area contributed by atoms with E-state index in [1.807, 2.05) is 0 Å². The van der Waals surface area contributed by atoms with E-state index in [0.717, 1.165) is 6.42 Å². The second kappa shape index (κ2) is 9.91. The van der Waals surface area contributed by atoms with Gasteiger partial charge in [0.25, 0.3) is 5.91 Å². The molecule has 22 heavy (non-hydrogen) atoms. The predicted octanol–water partition coefficient (Wildman–Crippen LogP) is 1.06. The summed E-state index contributed by atoms with van der Waals surface area (Å²) in [5, 5.41) is 11.1. The molecule has 0 aliphatic heterocycles. The molecule has 0 saturated heterocycles. The number of carboxylic acid groups (broad SMARTS) is 1. The van der Waals surface area contributed by atoms with Crippen LogP contribution in [0.3, 0.4) is 0 Å². The van der Waals surface area contributed by atoms with Gasteiger partial charge < -0.3 is 19.7 Å². The number of hydrogen-bond donors (Lipinski definition) is 2. The van der Waals surface area contributed by atoms with E-state index in [1.54, 1.807) is 0 Å². The molecular weight excluding hydrogens is 310 g/mol. The fraction of sp³-hybridized carbons (Fsp3) is 0.429. The molecule has 1 unspecified atom stereocenters. The normalized spacial score (nSPS) is 11.7. The fourth-order valence-electron chi connectivity index (χ4n) is 1.65. The van der Waals surface area contributed by atoms with Gasteiger partial charge in [-0.05, 0) is 48.2 Å². The zero-order chi connectivity index (χ0) is 16.4. The van der Waals surface area contributed by atoms with E-state index < -0.39 is 17.0 Å². The minimum absolute atomic E-state index is 0.140. The van der Waals surface area contributed by atoms with E-state index in [1.165, 1.54) is 24.3 Å². The summed E-state index contributed by atoms with van der Waals surface area (Å²) in [6.45, 7) is 0.310. The number of unbranched alkanes of at least 4 members (excludes halogenated alkanes) is 2. The van der Waals surface area contributed by atoms with Gasteiger partial charge in [0.2, 0.25) is 0 Å². The maximum Gasteiger partial charge on any atom is 0.303 e. The summed E-state index contributed by atoms with van der Waals surface area (Å²) in [6, 6.07) is 5.73.